The number of piperidine rings is 1. The lowest BCUT2D eigenvalue weighted by Crippen LogP contribution is -2.55. The first-order valence-corrected chi connectivity index (χ1v) is 10.4. The van der Waals surface area contributed by atoms with Crippen LogP contribution in [-0.4, -0.2) is 95.2 Å². The van der Waals surface area contributed by atoms with Gasteiger partial charge >= 0.3 is 17.9 Å². The van der Waals surface area contributed by atoms with E-state index >= 15 is 0 Å². The molecule has 2 saturated heterocycles. The molecule has 0 unspecified atom stereocenters. The maximum absolute atomic E-state index is 12.3. The number of ether oxygens (including phenoxy) is 2. The Morgan fingerprint density at radius 1 is 1.24 bits per heavy atom. The van der Waals surface area contributed by atoms with Crippen molar-refractivity contribution in [1.82, 2.24) is 19.4 Å². The molecule has 33 heavy (non-hydrogen) atoms. The molecule has 184 valence electrons. The molecule has 0 aliphatic carbocycles. The van der Waals surface area contributed by atoms with Gasteiger partial charge in [0.25, 0.3) is 0 Å². The summed E-state index contributed by atoms with van der Waals surface area (Å²) in [5, 5.41) is 39.7. The number of hydrogen-bond donors (Lipinski definition) is 5. The predicted molar refractivity (Wildman–Crippen MR) is 111 cm³/mol. The highest BCUT2D eigenvalue weighted by atomic mass is 16.6. The smallest absolute Gasteiger partial charge is 0.410 e. The zero-order valence-electron chi connectivity index (χ0n) is 18.5. The zero-order valence-corrected chi connectivity index (χ0v) is 18.5. The van der Waals surface area contributed by atoms with Crippen LogP contribution in [0.1, 0.15) is 39.8 Å². The molecule has 3 heterocycles. The number of hydrogen-bond acceptors (Lipinski definition) is 10. The van der Waals surface area contributed by atoms with Crippen LogP contribution in [0.25, 0.3) is 0 Å². The molecule has 5 N–H and O–H groups in total. The van der Waals surface area contributed by atoms with E-state index in [2.05, 4.69) is 4.98 Å². The molecule has 0 saturated carbocycles. The van der Waals surface area contributed by atoms with E-state index in [0.717, 1.165) is 9.47 Å². The molecular weight excluding hydrogens is 442 g/mol. The van der Waals surface area contributed by atoms with Crippen molar-refractivity contribution in [3.05, 3.63) is 22.7 Å². The Morgan fingerprint density at radius 2 is 1.88 bits per heavy atom. The standard InChI is InChI=1S/C19H29N5O9/c1-19(2,3)33-18(30)22-7-4-10(5-8-22)24(17(28)29)15-13(26)12(25)14(32-15)23-9-6-11(21-31)20-16(23)27/h6,9-10,12-15,25-26,31H,4-5,7-8H2,1-3H3,(H,28,29)(H,20,21,27)/t12-,13+,14-,15-/m1/s1. The third-order valence-electron chi connectivity index (χ3n) is 5.44. The Labute approximate surface area is 188 Å². The Bertz CT molecular complexity index is 925. The lowest BCUT2D eigenvalue weighted by Gasteiger charge is -2.40. The monoisotopic (exact) mass is 471 g/mol. The first-order valence-electron chi connectivity index (χ1n) is 10.4. The van der Waals surface area contributed by atoms with Gasteiger partial charge in [-0.3, -0.25) is 20.2 Å². The molecule has 0 bridgehead atoms. The topological polar surface area (TPSA) is 187 Å². The molecule has 0 aromatic carbocycles. The van der Waals surface area contributed by atoms with Gasteiger partial charge in [0.1, 0.15) is 17.8 Å². The van der Waals surface area contributed by atoms with Gasteiger partial charge in [0.05, 0.1) is 0 Å². The van der Waals surface area contributed by atoms with E-state index in [0.29, 0.717) is 0 Å². The molecule has 2 amide bonds. The second-order valence-corrected chi connectivity index (χ2v) is 8.90. The fraction of sp³-hybridized carbons (Fsp3) is 0.684. The number of carboxylic acid groups (broad SMARTS) is 1. The number of carbonyl (C=O) groups excluding carboxylic acids is 1. The van der Waals surface area contributed by atoms with Crippen LogP contribution in [0.15, 0.2) is 17.1 Å². The minimum atomic E-state index is -1.64. The van der Waals surface area contributed by atoms with Crippen molar-refractivity contribution in [2.45, 2.75) is 69.9 Å². The summed E-state index contributed by atoms with van der Waals surface area (Å²) in [5.74, 6) is -0.134. The van der Waals surface area contributed by atoms with Crippen molar-refractivity contribution in [2.24, 2.45) is 0 Å². The molecule has 2 aliphatic heterocycles. The number of nitrogens with one attached hydrogen (secondary N) is 1. The van der Waals surface area contributed by atoms with Gasteiger partial charge in [0.2, 0.25) is 0 Å². The average molecular weight is 471 g/mol. The van der Waals surface area contributed by atoms with Gasteiger partial charge in [-0.2, -0.15) is 4.98 Å². The van der Waals surface area contributed by atoms with Crippen LogP contribution in [0.3, 0.4) is 0 Å². The number of anilines is 1. The Kier molecular flexibility index (Phi) is 7.11. The molecule has 14 heteroatoms. The first-order chi connectivity index (χ1) is 15.4. The van der Waals surface area contributed by atoms with Gasteiger partial charge in [-0.1, -0.05) is 0 Å². The quantitative estimate of drug-likeness (QED) is 0.372. The van der Waals surface area contributed by atoms with E-state index < -0.39 is 54.2 Å². The van der Waals surface area contributed by atoms with Gasteiger partial charge in [0.15, 0.2) is 18.3 Å². The van der Waals surface area contributed by atoms with Crippen molar-refractivity contribution in [2.75, 3.05) is 18.6 Å². The lowest BCUT2D eigenvalue weighted by atomic mass is 10.0. The Balaban J connectivity index is 1.73. The molecule has 14 nitrogen and oxygen atoms in total. The third kappa shape index (κ3) is 5.35. The fourth-order valence-electron chi connectivity index (χ4n) is 3.90. The van der Waals surface area contributed by atoms with Gasteiger partial charge < -0.3 is 29.7 Å². The highest BCUT2D eigenvalue weighted by Gasteiger charge is 2.50. The van der Waals surface area contributed by atoms with Gasteiger partial charge in [0, 0.05) is 25.3 Å². The number of aliphatic hydroxyl groups excluding tert-OH is 2. The molecular formula is C19H29N5O9. The van der Waals surface area contributed by atoms with E-state index in [-0.39, 0.29) is 31.7 Å². The molecule has 0 radical (unpaired) electrons. The summed E-state index contributed by atoms with van der Waals surface area (Å²) in [5.41, 5.74) is 0.164. The van der Waals surface area contributed by atoms with E-state index in [1.807, 2.05) is 0 Å². The third-order valence-corrected chi connectivity index (χ3v) is 5.44. The summed E-state index contributed by atoms with van der Waals surface area (Å²) in [6.07, 6.45) is -6.29. The SMILES string of the molecule is CC(C)(C)OC(=O)N1CCC(N(C(=O)O)[C@@H]2O[C@@H](n3ccc(NO)nc3=O)[C@H](O)[C@@H]2O)CC1. The van der Waals surface area contributed by atoms with Crippen LogP contribution in [0, 0.1) is 0 Å². The van der Waals surface area contributed by atoms with Crippen LogP contribution in [-0.2, 0) is 9.47 Å². The minimum absolute atomic E-state index is 0.134. The normalized spacial score (nSPS) is 26.2. The number of amides is 2. The molecule has 4 atom stereocenters. The maximum Gasteiger partial charge on any atom is 0.410 e. The molecule has 3 rings (SSSR count). The maximum atomic E-state index is 12.3. The summed E-state index contributed by atoms with van der Waals surface area (Å²) in [6, 6.07) is 0.626. The number of nitrogens with zero attached hydrogens (tertiary/aromatic N) is 4. The molecule has 1 aromatic heterocycles. The van der Waals surface area contributed by atoms with Gasteiger partial charge in [-0.15, -0.1) is 0 Å². The van der Waals surface area contributed by atoms with Crippen molar-refractivity contribution < 1.29 is 39.6 Å². The van der Waals surface area contributed by atoms with Crippen LogP contribution in [0.4, 0.5) is 15.4 Å². The summed E-state index contributed by atoms with van der Waals surface area (Å²) in [6.45, 7) is 5.71. The summed E-state index contributed by atoms with van der Waals surface area (Å²) in [4.78, 5) is 42.5. The second-order valence-electron chi connectivity index (χ2n) is 8.90. The number of likely N-dealkylation sites (tertiary alicyclic amines) is 1. The lowest BCUT2D eigenvalue weighted by molar-refractivity contribution is -0.114. The second kappa shape index (κ2) is 9.51. The molecule has 2 aliphatic rings. The number of aliphatic hydroxyl groups is 2. The van der Waals surface area contributed by atoms with Crippen molar-refractivity contribution >= 4 is 18.0 Å². The average Bonchev–Trinajstić information content (AvgIpc) is 3.01. The fourth-order valence-corrected chi connectivity index (χ4v) is 3.90. The summed E-state index contributed by atoms with van der Waals surface area (Å²) < 4.78 is 11.9. The van der Waals surface area contributed by atoms with E-state index in [1.165, 1.54) is 17.2 Å². The van der Waals surface area contributed by atoms with Crippen molar-refractivity contribution in [1.29, 1.82) is 0 Å². The molecule has 1 aromatic rings. The van der Waals surface area contributed by atoms with Crippen LogP contribution >= 0.6 is 0 Å². The van der Waals surface area contributed by atoms with E-state index in [9.17, 15) is 29.7 Å². The highest BCUT2D eigenvalue weighted by Crippen LogP contribution is 2.33. The van der Waals surface area contributed by atoms with E-state index in [4.69, 9.17) is 14.7 Å². The van der Waals surface area contributed by atoms with Gasteiger partial charge in [-0.25, -0.2) is 14.4 Å². The van der Waals surface area contributed by atoms with Crippen LogP contribution < -0.4 is 11.2 Å². The number of carbonyl (C=O) groups is 2. The molecule has 2 fully saturated rings. The van der Waals surface area contributed by atoms with Gasteiger partial charge in [-0.05, 0) is 39.7 Å². The summed E-state index contributed by atoms with van der Waals surface area (Å²) in [7, 11) is 0. The largest absolute Gasteiger partial charge is 0.465 e. The van der Waals surface area contributed by atoms with Crippen LogP contribution in [0.5, 0.6) is 0 Å². The van der Waals surface area contributed by atoms with Crippen molar-refractivity contribution in [3.63, 3.8) is 0 Å². The Morgan fingerprint density at radius 3 is 2.39 bits per heavy atom. The molecule has 0 spiro atoms. The summed E-state index contributed by atoms with van der Waals surface area (Å²) >= 11 is 0. The van der Waals surface area contributed by atoms with Crippen LogP contribution in [0.2, 0.25) is 0 Å². The predicted octanol–water partition coefficient (Wildman–Crippen LogP) is 0.000600. The number of rotatable bonds is 4. The minimum Gasteiger partial charge on any atom is -0.465 e. The van der Waals surface area contributed by atoms with Crippen molar-refractivity contribution in [3.8, 4) is 0 Å². The number of aromatic nitrogens is 2. The first kappa shape index (κ1) is 24.7. The Hall–Kier alpha value is -2.94. The zero-order chi connectivity index (χ0) is 24.5. The highest BCUT2D eigenvalue weighted by molar-refractivity contribution is 5.68. The van der Waals surface area contributed by atoms with E-state index in [1.54, 1.807) is 26.3 Å².